The van der Waals surface area contributed by atoms with Crippen molar-refractivity contribution < 1.29 is 4.74 Å². The van der Waals surface area contributed by atoms with E-state index in [0.29, 0.717) is 6.61 Å². The Bertz CT molecular complexity index is 577. The fourth-order valence-corrected chi connectivity index (χ4v) is 2.08. The third kappa shape index (κ3) is 2.60. The molecule has 4 nitrogen and oxygen atoms in total. The molecule has 0 saturated carbocycles. The quantitative estimate of drug-likeness (QED) is 0.791. The van der Waals surface area contributed by atoms with Gasteiger partial charge in [-0.25, -0.2) is 0 Å². The van der Waals surface area contributed by atoms with Gasteiger partial charge in [0.25, 0.3) is 5.56 Å². The van der Waals surface area contributed by atoms with Crippen molar-refractivity contribution in [1.29, 1.82) is 0 Å². The summed E-state index contributed by atoms with van der Waals surface area (Å²) in [6.45, 7) is 3.53. The van der Waals surface area contributed by atoms with Crippen LogP contribution in [0.15, 0.2) is 35.3 Å². The van der Waals surface area contributed by atoms with Crippen LogP contribution in [0.5, 0.6) is 0 Å². The summed E-state index contributed by atoms with van der Waals surface area (Å²) in [5.74, 6) is 0. The first-order valence-electron chi connectivity index (χ1n) is 6.06. The van der Waals surface area contributed by atoms with Gasteiger partial charge in [0.1, 0.15) is 0 Å². The molecule has 1 heterocycles. The highest BCUT2D eigenvalue weighted by molar-refractivity contribution is 5.84. The Labute approximate surface area is 106 Å². The molecule has 0 aliphatic heterocycles. The fraction of sp³-hybridized carbons (Fsp3) is 0.357. The standard InChI is InChI=1S/C14H18N2O2/c1-10(15-7-8-18-2)13-9-16-14(17)12-6-4-3-5-11(12)13/h3-6,9-10,15H,7-8H2,1-2H3,(H,16,17). The molecule has 0 radical (unpaired) electrons. The second-order valence-corrected chi connectivity index (χ2v) is 4.29. The van der Waals surface area contributed by atoms with E-state index >= 15 is 0 Å². The maximum absolute atomic E-state index is 11.7. The molecule has 2 aromatic rings. The lowest BCUT2D eigenvalue weighted by atomic mass is 10.0. The molecule has 4 heteroatoms. The Hall–Kier alpha value is -1.65. The highest BCUT2D eigenvalue weighted by Gasteiger charge is 2.10. The monoisotopic (exact) mass is 246 g/mol. The van der Waals surface area contributed by atoms with Crippen LogP contribution >= 0.6 is 0 Å². The molecule has 0 saturated heterocycles. The van der Waals surface area contributed by atoms with Crippen LogP contribution in [0.4, 0.5) is 0 Å². The number of hydrogen-bond acceptors (Lipinski definition) is 3. The van der Waals surface area contributed by atoms with E-state index in [0.717, 1.165) is 22.9 Å². The number of hydrogen-bond donors (Lipinski definition) is 2. The number of rotatable bonds is 5. The molecule has 2 rings (SSSR count). The maximum Gasteiger partial charge on any atom is 0.255 e. The highest BCUT2D eigenvalue weighted by atomic mass is 16.5. The van der Waals surface area contributed by atoms with Crippen molar-refractivity contribution in [2.75, 3.05) is 20.3 Å². The number of nitrogens with one attached hydrogen (secondary N) is 2. The van der Waals surface area contributed by atoms with Gasteiger partial charge in [0.2, 0.25) is 0 Å². The van der Waals surface area contributed by atoms with E-state index < -0.39 is 0 Å². The number of aromatic nitrogens is 1. The largest absolute Gasteiger partial charge is 0.383 e. The molecule has 0 aliphatic carbocycles. The van der Waals surface area contributed by atoms with Crippen LogP contribution < -0.4 is 10.9 Å². The van der Waals surface area contributed by atoms with E-state index in [4.69, 9.17) is 4.74 Å². The molecule has 1 aromatic carbocycles. The number of pyridine rings is 1. The van der Waals surface area contributed by atoms with Gasteiger partial charge in [-0.05, 0) is 23.9 Å². The molecule has 2 N–H and O–H groups in total. The number of fused-ring (bicyclic) bond motifs is 1. The molecule has 96 valence electrons. The van der Waals surface area contributed by atoms with E-state index in [1.807, 2.05) is 24.3 Å². The van der Waals surface area contributed by atoms with Crippen molar-refractivity contribution in [1.82, 2.24) is 10.3 Å². The summed E-state index contributed by atoms with van der Waals surface area (Å²) in [6, 6.07) is 7.83. The molecule has 0 amide bonds. The van der Waals surface area contributed by atoms with Gasteiger partial charge in [-0.15, -0.1) is 0 Å². The van der Waals surface area contributed by atoms with Crippen molar-refractivity contribution in [3.05, 3.63) is 46.4 Å². The summed E-state index contributed by atoms with van der Waals surface area (Å²) in [6.07, 6.45) is 1.79. The van der Waals surface area contributed by atoms with Gasteiger partial charge in [-0.1, -0.05) is 18.2 Å². The zero-order chi connectivity index (χ0) is 13.0. The van der Waals surface area contributed by atoms with Crippen LogP contribution in [0.3, 0.4) is 0 Å². The topological polar surface area (TPSA) is 54.1 Å². The first kappa shape index (κ1) is 12.8. The van der Waals surface area contributed by atoms with Crippen molar-refractivity contribution in [2.45, 2.75) is 13.0 Å². The van der Waals surface area contributed by atoms with E-state index in [-0.39, 0.29) is 11.6 Å². The van der Waals surface area contributed by atoms with Gasteiger partial charge in [-0.2, -0.15) is 0 Å². The fourth-order valence-electron chi connectivity index (χ4n) is 2.08. The molecule has 18 heavy (non-hydrogen) atoms. The van der Waals surface area contributed by atoms with Crippen LogP contribution in [0.1, 0.15) is 18.5 Å². The summed E-state index contributed by atoms with van der Waals surface area (Å²) in [5, 5.41) is 5.09. The van der Waals surface area contributed by atoms with Crippen LogP contribution in [0.25, 0.3) is 10.8 Å². The minimum absolute atomic E-state index is 0.0431. The van der Waals surface area contributed by atoms with E-state index in [9.17, 15) is 4.79 Å². The lowest BCUT2D eigenvalue weighted by molar-refractivity contribution is 0.196. The van der Waals surface area contributed by atoms with Gasteiger partial charge in [0.15, 0.2) is 0 Å². The van der Waals surface area contributed by atoms with Gasteiger partial charge < -0.3 is 15.0 Å². The number of H-pyrrole nitrogens is 1. The zero-order valence-corrected chi connectivity index (χ0v) is 10.7. The number of aromatic amines is 1. The van der Waals surface area contributed by atoms with Crippen molar-refractivity contribution >= 4 is 10.8 Å². The normalized spacial score (nSPS) is 12.8. The first-order valence-corrected chi connectivity index (χ1v) is 6.06. The molecule has 0 spiro atoms. The smallest absolute Gasteiger partial charge is 0.255 e. The molecule has 0 fully saturated rings. The number of ether oxygens (including phenoxy) is 1. The molecular formula is C14H18N2O2. The Morgan fingerprint density at radius 2 is 2.06 bits per heavy atom. The van der Waals surface area contributed by atoms with E-state index in [1.54, 1.807) is 13.3 Å². The number of methoxy groups -OCH3 is 1. The zero-order valence-electron chi connectivity index (χ0n) is 10.7. The van der Waals surface area contributed by atoms with Crippen molar-refractivity contribution in [3.63, 3.8) is 0 Å². The van der Waals surface area contributed by atoms with Crippen LogP contribution in [-0.4, -0.2) is 25.2 Å². The average Bonchev–Trinajstić information content (AvgIpc) is 2.39. The molecule has 1 unspecified atom stereocenters. The van der Waals surface area contributed by atoms with Crippen LogP contribution in [0.2, 0.25) is 0 Å². The maximum atomic E-state index is 11.7. The third-order valence-electron chi connectivity index (χ3n) is 3.06. The molecule has 1 atom stereocenters. The summed E-state index contributed by atoms with van der Waals surface area (Å²) >= 11 is 0. The summed E-state index contributed by atoms with van der Waals surface area (Å²) < 4.78 is 5.01. The molecule has 0 aliphatic rings. The Balaban J connectivity index is 2.33. The van der Waals surface area contributed by atoms with Crippen molar-refractivity contribution in [3.8, 4) is 0 Å². The molecule has 0 bridgehead atoms. The van der Waals surface area contributed by atoms with Crippen LogP contribution in [-0.2, 0) is 4.74 Å². The molecule has 1 aromatic heterocycles. The lowest BCUT2D eigenvalue weighted by Crippen LogP contribution is -2.24. The SMILES string of the molecule is COCCNC(C)c1c[nH]c(=O)c2ccccc12. The van der Waals surface area contributed by atoms with Gasteiger partial charge in [-0.3, -0.25) is 4.79 Å². The first-order chi connectivity index (χ1) is 8.74. The van der Waals surface area contributed by atoms with Gasteiger partial charge in [0, 0.05) is 31.3 Å². The van der Waals surface area contributed by atoms with Gasteiger partial charge in [0.05, 0.1) is 6.61 Å². The Morgan fingerprint density at radius 3 is 2.78 bits per heavy atom. The minimum atomic E-state index is -0.0431. The van der Waals surface area contributed by atoms with Crippen molar-refractivity contribution in [2.24, 2.45) is 0 Å². The summed E-state index contributed by atoms with van der Waals surface area (Å²) in [7, 11) is 1.68. The average molecular weight is 246 g/mol. The highest BCUT2D eigenvalue weighted by Crippen LogP contribution is 2.20. The predicted octanol–water partition coefficient (Wildman–Crippen LogP) is 1.83. The second kappa shape index (κ2) is 5.80. The Kier molecular flexibility index (Phi) is 4.12. The van der Waals surface area contributed by atoms with E-state index in [1.165, 1.54) is 0 Å². The van der Waals surface area contributed by atoms with Gasteiger partial charge >= 0.3 is 0 Å². The van der Waals surface area contributed by atoms with Crippen LogP contribution in [0, 0.1) is 0 Å². The minimum Gasteiger partial charge on any atom is -0.383 e. The summed E-state index contributed by atoms with van der Waals surface area (Å²) in [4.78, 5) is 14.5. The second-order valence-electron chi connectivity index (χ2n) is 4.29. The molecular weight excluding hydrogens is 228 g/mol. The summed E-state index contributed by atoms with van der Waals surface area (Å²) in [5.41, 5.74) is 1.06. The third-order valence-corrected chi connectivity index (χ3v) is 3.06. The van der Waals surface area contributed by atoms with E-state index in [2.05, 4.69) is 17.2 Å². The Morgan fingerprint density at radius 1 is 1.33 bits per heavy atom. The lowest BCUT2D eigenvalue weighted by Gasteiger charge is -2.15. The number of benzene rings is 1. The predicted molar refractivity (Wildman–Crippen MR) is 72.9 cm³/mol.